The van der Waals surface area contributed by atoms with Gasteiger partial charge in [0.25, 0.3) is 0 Å². The van der Waals surface area contributed by atoms with Crippen LogP contribution in [0.15, 0.2) is 36.4 Å². The summed E-state index contributed by atoms with van der Waals surface area (Å²) in [5.41, 5.74) is 5.53. The summed E-state index contributed by atoms with van der Waals surface area (Å²) in [7, 11) is -3.53. The first-order valence-corrected chi connectivity index (χ1v) is 11.3. The lowest BCUT2D eigenvalue weighted by Gasteiger charge is -2.30. The molecular formula is C22H28N2O3S. The summed E-state index contributed by atoms with van der Waals surface area (Å²) in [5, 5.41) is 0. The van der Waals surface area contributed by atoms with E-state index in [1.165, 1.54) is 5.56 Å². The monoisotopic (exact) mass is 400 g/mol. The maximum Gasteiger partial charge on any atom is 0.236 e. The van der Waals surface area contributed by atoms with Gasteiger partial charge in [0.05, 0.1) is 5.75 Å². The topological polar surface area (TPSA) is 66.5 Å². The third-order valence-corrected chi connectivity index (χ3v) is 6.39. The van der Waals surface area contributed by atoms with Crippen molar-refractivity contribution in [3.05, 3.63) is 64.2 Å². The molecule has 0 fully saturated rings. The number of sulfonamides is 1. The van der Waals surface area contributed by atoms with E-state index < -0.39 is 10.0 Å². The fourth-order valence-electron chi connectivity index (χ4n) is 3.55. The number of carbonyl (C=O) groups is 1. The molecule has 0 aromatic heterocycles. The number of anilines is 1. The van der Waals surface area contributed by atoms with E-state index in [-0.39, 0.29) is 17.6 Å². The van der Waals surface area contributed by atoms with E-state index in [4.69, 9.17) is 0 Å². The van der Waals surface area contributed by atoms with Crippen LogP contribution in [0.3, 0.4) is 0 Å². The first-order chi connectivity index (χ1) is 13.1. The highest BCUT2D eigenvalue weighted by molar-refractivity contribution is 7.91. The van der Waals surface area contributed by atoms with Gasteiger partial charge in [0, 0.05) is 24.7 Å². The molecule has 3 rings (SSSR count). The van der Waals surface area contributed by atoms with E-state index in [1.807, 2.05) is 62.9 Å². The van der Waals surface area contributed by atoms with Gasteiger partial charge in [-0.1, -0.05) is 43.7 Å². The molecule has 0 saturated heterocycles. The van der Waals surface area contributed by atoms with Crippen LogP contribution in [0.1, 0.15) is 41.7 Å². The van der Waals surface area contributed by atoms with Crippen molar-refractivity contribution in [1.29, 1.82) is 0 Å². The summed E-state index contributed by atoms with van der Waals surface area (Å²) < 4.78 is 28.1. The second kappa shape index (κ2) is 7.95. The van der Waals surface area contributed by atoms with Crippen LogP contribution >= 0.6 is 0 Å². The van der Waals surface area contributed by atoms with Gasteiger partial charge in [-0.3, -0.25) is 9.52 Å². The maximum absolute atomic E-state index is 12.7. The van der Waals surface area contributed by atoms with E-state index >= 15 is 0 Å². The van der Waals surface area contributed by atoms with Gasteiger partial charge in [-0.05, 0) is 54.7 Å². The summed E-state index contributed by atoms with van der Waals surface area (Å²) in [6.45, 7) is 8.91. The molecule has 28 heavy (non-hydrogen) atoms. The fraction of sp³-hybridized carbons (Fsp3) is 0.409. The van der Waals surface area contributed by atoms with Crippen LogP contribution in [0.25, 0.3) is 0 Å². The zero-order valence-electron chi connectivity index (χ0n) is 17.0. The van der Waals surface area contributed by atoms with E-state index in [0.29, 0.717) is 18.8 Å². The average molecular weight is 401 g/mol. The summed E-state index contributed by atoms with van der Waals surface area (Å²) in [6, 6.07) is 11.5. The van der Waals surface area contributed by atoms with E-state index in [0.717, 1.165) is 28.7 Å². The number of hydrogen-bond donors (Lipinski definition) is 1. The molecule has 1 aliphatic rings. The Labute approximate surface area is 167 Å². The number of carbonyl (C=O) groups excluding carboxylic acids is 1. The summed E-state index contributed by atoms with van der Waals surface area (Å²) >= 11 is 0. The number of fused-ring (bicyclic) bond motifs is 1. The first-order valence-electron chi connectivity index (χ1n) is 9.62. The molecule has 0 radical (unpaired) electrons. The van der Waals surface area contributed by atoms with Gasteiger partial charge in [-0.25, -0.2) is 8.42 Å². The minimum atomic E-state index is -3.53. The van der Waals surface area contributed by atoms with Crippen LogP contribution in [-0.2, 0) is 33.5 Å². The quantitative estimate of drug-likeness (QED) is 0.830. The minimum Gasteiger partial charge on any atom is -0.338 e. The fourth-order valence-corrected chi connectivity index (χ4v) is 4.83. The van der Waals surface area contributed by atoms with Crippen LogP contribution < -0.4 is 4.72 Å². The number of nitrogens with zero attached hydrogens (tertiary/aromatic N) is 1. The molecule has 0 saturated carbocycles. The van der Waals surface area contributed by atoms with Gasteiger partial charge in [0.15, 0.2) is 0 Å². The highest BCUT2D eigenvalue weighted by Gasteiger charge is 2.23. The Morgan fingerprint density at radius 3 is 2.57 bits per heavy atom. The number of rotatable bonds is 5. The van der Waals surface area contributed by atoms with Gasteiger partial charge in [-0.15, -0.1) is 0 Å². The SMILES string of the molecule is Cc1ccc(C)c(CS(=O)(=O)Nc2ccc3c(c2)CN(C(=O)C(C)C)CC3)c1. The number of hydrogen-bond acceptors (Lipinski definition) is 3. The molecular weight excluding hydrogens is 372 g/mol. The summed E-state index contributed by atoms with van der Waals surface area (Å²) in [5.74, 6) is 0.0302. The van der Waals surface area contributed by atoms with Crippen LogP contribution in [0.2, 0.25) is 0 Å². The molecule has 2 aromatic carbocycles. The molecule has 2 aromatic rings. The van der Waals surface area contributed by atoms with E-state index in [2.05, 4.69) is 4.72 Å². The lowest BCUT2D eigenvalue weighted by molar-refractivity contribution is -0.135. The predicted molar refractivity (Wildman–Crippen MR) is 113 cm³/mol. The van der Waals surface area contributed by atoms with Crippen molar-refractivity contribution >= 4 is 21.6 Å². The van der Waals surface area contributed by atoms with Gasteiger partial charge in [0.2, 0.25) is 15.9 Å². The Bertz CT molecular complexity index is 997. The molecule has 0 unspecified atom stereocenters. The normalized spacial score (nSPS) is 14.1. The van der Waals surface area contributed by atoms with Crippen molar-refractivity contribution in [2.24, 2.45) is 5.92 Å². The Morgan fingerprint density at radius 2 is 1.86 bits per heavy atom. The van der Waals surface area contributed by atoms with Crippen LogP contribution in [0, 0.1) is 19.8 Å². The van der Waals surface area contributed by atoms with Crippen molar-refractivity contribution in [2.75, 3.05) is 11.3 Å². The van der Waals surface area contributed by atoms with Crippen molar-refractivity contribution in [1.82, 2.24) is 4.90 Å². The smallest absolute Gasteiger partial charge is 0.236 e. The number of amides is 1. The second-order valence-electron chi connectivity index (χ2n) is 7.94. The second-order valence-corrected chi connectivity index (χ2v) is 9.66. The zero-order chi connectivity index (χ0) is 20.5. The van der Waals surface area contributed by atoms with Crippen LogP contribution in [-0.4, -0.2) is 25.8 Å². The number of nitrogens with one attached hydrogen (secondary N) is 1. The highest BCUT2D eigenvalue weighted by Crippen LogP contribution is 2.25. The Morgan fingerprint density at radius 1 is 1.11 bits per heavy atom. The summed E-state index contributed by atoms with van der Waals surface area (Å²) in [4.78, 5) is 14.1. The zero-order valence-corrected chi connectivity index (χ0v) is 17.8. The van der Waals surface area contributed by atoms with Gasteiger partial charge < -0.3 is 4.90 Å². The molecule has 1 N–H and O–H groups in total. The molecule has 0 atom stereocenters. The molecule has 0 bridgehead atoms. The van der Waals surface area contributed by atoms with Gasteiger partial charge >= 0.3 is 0 Å². The number of benzene rings is 2. The van der Waals surface area contributed by atoms with Crippen LogP contribution in [0.5, 0.6) is 0 Å². The third kappa shape index (κ3) is 4.73. The third-order valence-electron chi connectivity index (χ3n) is 5.15. The van der Waals surface area contributed by atoms with Crippen molar-refractivity contribution in [3.63, 3.8) is 0 Å². The van der Waals surface area contributed by atoms with Gasteiger partial charge in [-0.2, -0.15) is 0 Å². The first kappa shape index (κ1) is 20.4. The molecule has 150 valence electrons. The average Bonchev–Trinajstić information content (AvgIpc) is 2.62. The molecule has 1 aliphatic heterocycles. The lowest BCUT2D eigenvalue weighted by Crippen LogP contribution is -2.38. The largest absolute Gasteiger partial charge is 0.338 e. The van der Waals surface area contributed by atoms with E-state index in [1.54, 1.807) is 6.07 Å². The predicted octanol–water partition coefficient (Wildman–Crippen LogP) is 3.79. The van der Waals surface area contributed by atoms with Crippen molar-refractivity contribution in [2.45, 2.75) is 46.4 Å². The molecule has 1 heterocycles. The van der Waals surface area contributed by atoms with Gasteiger partial charge in [0.1, 0.15) is 0 Å². The van der Waals surface area contributed by atoms with Crippen molar-refractivity contribution in [3.8, 4) is 0 Å². The Kier molecular flexibility index (Phi) is 5.79. The lowest BCUT2D eigenvalue weighted by atomic mass is 9.98. The Hall–Kier alpha value is -2.34. The number of aryl methyl sites for hydroxylation is 2. The molecule has 1 amide bonds. The molecule has 0 spiro atoms. The summed E-state index contributed by atoms with van der Waals surface area (Å²) in [6.07, 6.45) is 0.795. The van der Waals surface area contributed by atoms with Crippen molar-refractivity contribution < 1.29 is 13.2 Å². The standard InChI is InChI=1S/C22H28N2O3S/c1-15(2)22(25)24-10-9-18-7-8-21(12-19(18)13-24)23-28(26,27)14-20-11-16(3)5-6-17(20)4/h5-8,11-12,15,23H,9-10,13-14H2,1-4H3. The molecule has 6 heteroatoms. The Balaban J connectivity index is 1.77. The minimum absolute atomic E-state index is 0.0409. The molecule has 0 aliphatic carbocycles. The van der Waals surface area contributed by atoms with Crippen LogP contribution in [0.4, 0.5) is 5.69 Å². The maximum atomic E-state index is 12.7. The highest BCUT2D eigenvalue weighted by atomic mass is 32.2. The van der Waals surface area contributed by atoms with E-state index in [9.17, 15) is 13.2 Å². The molecule has 5 nitrogen and oxygen atoms in total.